The average Bonchev–Trinajstić information content (AvgIpc) is 2.61. The van der Waals surface area contributed by atoms with Crippen LogP contribution in [0.1, 0.15) is 30.5 Å². The summed E-state index contributed by atoms with van der Waals surface area (Å²) in [5, 5.41) is 2.79. The maximum atomic E-state index is 11.9. The Morgan fingerprint density at radius 1 is 0.929 bits per heavy atom. The molecule has 0 bridgehead atoms. The van der Waals surface area contributed by atoms with Gasteiger partial charge in [-0.2, -0.15) is 0 Å². The third-order valence-electron chi connectivity index (χ3n) is 4.30. The zero-order valence-electron chi connectivity index (χ0n) is 17.7. The topological polar surface area (TPSA) is 47.6 Å². The summed E-state index contributed by atoms with van der Waals surface area (Å²) >= 11 is 0. The molecule has 5 heteroatoms. The van der Waals surface area contributed by atoms with Crippen LogP contribution in [0.5, 0.6) is 0 Å². The molecular formula is C23H33NO3Si. The van der Waals surface area contributed by atoms with Crippen LogP contribution in [0.4, 0.5) is 10.5 Å². The van der Waals surface area contributed by atoms with E-state index in [-0.39, 0.29) is 12.2 Å². The van der Waals surface area contributed by atoms with Gasteiger partial charge in [0.2, 0.25) is 0 Å². The highest BCUT2D eigenvalue weighted by Crippen LogP contribution is 2.15. The number of hydrogen-bond donors (Lipinski definition) is 1. The quantitative estimate of drug-likeness (QED) is 0.519. The normalized spacial score (nSPS) is 11.5. The summed E-state index contributed by atoms with van der Waals surface area (Å²) in [5.74, 6) is 0. The van der Waals surface area contributed by atoms with E-state index in [0.29, 0.717) is 13.2 Å². The van der Waals surface area contributed by atoms with Crippen molar-refractivity contribution in [3.05, 3.63) is 65.2 Å². The Morgan fingerprint density at radius 3 is 2.00 bits per heavy atom. The van der Waals surface area contributed by atoms with Gasteiger partial charge in [-0.05, 0) is 55.1 Å². The summed E-state index contributed by atoms with van der Waals surface area (Å²) in [6.45, 7) is 12.0. The Kier molecular flexibility index (Phi) is 8.27. The van der Waals surface area contributed by atoms with Crippen LogP contribution in [0.3, 0.4) is 0 Å². The van der Waals surface area contributed by atoms with Gasteiger partial charge in [-0.15, -0.1) is 0 Å². The van der Waals surface area contributed by atoms with Crippen molar-refractivity contribution in [3.63, 3.8) is 0 Å². The van der Waals surface area contributed by atoms with Crippen LogP contribution in [0.2, 0.25) is 25.7 Å². The number of ether oxygens (including phenoxy) is 2. The lowest BCUT2D eigenvalue weighted by molar-refractivity contribution is 0.0657. The van der Waals surface area contributed by atoms with Gasteiger partial charge in [-0.1, -0.05) is 56.0 Å². The predicted molar refractivity (Wildman–Crippen MR) is 119 cm³/mol. The molecule has 4 nitrogen and oxygen atoms in total. The minimum Gasteiger partial charge on any atom is -0.450 e. The molecule has 0 aliphatic carbocycles. The minimum absolute atomic E-state index is 0.240. The lowest BCUT2D eigenvalue weighted by atomic mass is 10.0. The molecule has 2 aromatic rings. The molecule has 2 rings (SSSR count). The summed E-state index contributed by atoms with van der Waals surface area (Å²) < 4.78 is 10.9. The highest BCUT2D eigenvalue weighted by Gasteiger charge is 2.13. The number of nitrogens with one attached hydrogen (secondary N) is 1. The number of rotatable bonds is 9. The average molecular weight is 400 g/mol. The molecule has 0 fully saturated rings. The molecule has 0 unspecified atom stereocenters. The van der Waals surface area contributed by atoms with Crippen LogP contribution in [0.15, 0.2) is 48.5 Å². The third kappa shape index (κ3) is 8.72. The van der Waals surface area contributed by atoms with E-state index in [4.69, 9.17) is 9.47 Å². The first-order chi connectivity index (χ1) is 13.2. The summed E-state index contributed by atoms with van der Waals surface area (Å²) in [4.78, 5) is 11.9. The van der Waals surface area contributed by atoms with Crippen molar-refractivity contribution in [2.24, 2.45) is 0 Å². The summed E-state index contributed by atoms with van der Waals surface area (Å²) in [6.07, 6.45) is 0.710. The van der Waals surface area contributed by atoms with E-state index in [1.54, 1.807) is 0 Å². The number of hydrogen-bond acceptors (Lipinski definition) is 3. The molecule has 0 atom stereocenters. The van der Waals surface area contributed by atoms with E-state index in [9.17, 15) is 4.79 Å². The molecule has 0 radical (unpaired) electrons. The molecule has 152 valence electrons. The molecule has 0 spiro atoms. The molecular weight excluding hydrogens is 366 g/mol. The first-order valence-corrected chi connectivity index (χ1v) is 13.6. The number of carbonyl (C=O) groups excluding carboxylic acids is 1. The van der Waals surface area contributed by atoms with E-state index in [0.717, 1.165) is 18.2 Å². The number of carbonyl (C=O) groups is 1. The fraction of sp³-hybridized carbons (Fsp3) is 0.435. The van der Waals surface area contributed by atoms with E-state index in [2.05, 4.69) is 49.2 Å². The van der Waals surface area contributed by atoms with E-state index < -0.39 is 8.07 Å². The largest absolute Gasteiger partial charge is 0.450 e. The van der Waals surface area contributed by atoms with Gasteiger partial charge in [-0.3, -0.25) is 5.32 Å². The molecule has 28 heavy (non-hydrogen) atoms. The van der Waals surface area contributed by atoms with Crippen LogP contribution in [-0.4, -0.2) is 26.9 Å². The lowest BCUT2D eigenvalue weighted by Crippen LogP contribution is -2.24. The summed E-state index contributed by atoms with van der Waals surface area (Å²) in [7, 11) is -1.19. The van der Waals surface area contributed by atoms with Crippen molar-refractivity contribution >= 4 is 19.9 Å². The van der Waals surface area contributed by atoms with Crippen molar-refractivity contribution < 1.29 is 14.3 Å². The second-order valence-electron chi connectivity index (χ2n) is 8.62. The molecule has 0 aromatic heterocycles. The predicted octanol–water partition coefficient (Wildman–Crippen LogP) is 6.09. The molecule has 0 saturated carbocycles. The van der Waals surface area contributed by atoms with Crippen molar-refractivity contribution in [2.75, 3.05) is 11.9 Å². The Bertz CT molecular complexity index is 734. The third-order valence-corrected chi connectivity index (χ3v) is 6.00. The maximum absolute atomic E-state index is 11.9. The van der Waals surface area contributed by atoms with Crippen LogP contribution in [0.25, 0.3) is 0 Å². The van der Waals surface area contributed by atoms with Gasteiger partial charge < -0.3 is 9.47 Å². The highest BCUT2D eigenvalue weighted by atomic mass is 28.3. The monoisotopic (exact) mass is 399 g/mol. The molecule has 0 saturated heterocycles. The zero-order chi connectivity index (χ0) is 20.6. The fourth-order valence-electron chi connectivity index (χ4n) is 2.56. The molecule has 0 aliphatic rings. The standard InChI is InChI=1S/C23H33NO3Si/c1-18(2)27-17-21-8-6-19(7-9-21)16-20-10-12-22(13-11-20)24-23(25)26-14-15-28(3,4)5/h6-13,18H,14-17H2,1-5H3,(H,24,25). The second-order valence-corrected chi connectivity index (χ2v) is 14.2. The Morgan fingerprint density at radius 2 is 1.46 bits per heavy atom. The first-order valence-electron chi connectivity index (χ1n) is 9.93. The van der Waals surface area contributed by atoms with Gasteiger partial charge in [0.15, 0.2) is 0 Å². The zero-order valence-corrected chi connectivity index (χ0v) is 18.7. The SMILES string of the molecule is CC(C)OCc1ccc(Cc2ccc(NC(=O)OCC[Si](C)(C)C)cc2)cc1. The van der Waals surface area contributed by atoms with Gasteiger partial charge >= 0.3 is 6.09 Å². The van der Waals surface area contributed by atoms with Crippen LogP contribution >= 0.6 is 0 Å². The Labute approximate surface area is 170 Å². The van der Waals surface area contributed by atoms with Crippen molar-refractivity contribution in [3.8, 4) is 0 Å². The van der Waals surface area contributed by atoms with Crippen molar-refractivity contribution in [1.82, 2.24) is 0 Å². The van der Waals surface area contributed by atoms with Gasteiger partial charge in [0.1, 0.15) is 0 Å². The lowest BCUT2D eigenvalue weighted by Gasteiger charge is -2.15. The maximum Gasteiger partial charge on any atom is 0.411 e. The molecule has 2 aromatic carbocycles. The van der Waals surface area contributed by atoms with E-state index in [1.165, 1.54) is 16.7 Å². The Hall–Kier alpha value is -2.11. The number of amides is 1. The van der Waals surface area contributed by atoms with Gasteiger partial charge in [0.05, 0.1) is 19.3 Å². The molecule has 1 amide bonds. The smallest absolute Gasteiger partial charge is 0.411 e. The highest BCUT2D eigenvalue weighted by molar-refractivity contribution is 6.76. The first kappa shape index (κ1) is 22.2. The Balaban J connectivity index is 1.81. The van der Waals surface area contributed by atoms with Crippen LogP contribution in [-0.2, 0) is 22.5 Å². The van der Waals surface area contributed by atoms with E-state index >= 15 is 0 Å². The van der Waals surface area contributed by atoms with E-state index in [1.807, 2.05) is 38.1 Å². The molecule has 0 aliphatic heterocycles. The van der Waals surface area contributed by atoms with Gasteiger partial charge in [0.25, 0.3) is 0 Å². The van der Waals surface area contributed by atoms with Crippen LogP contribution < -0.4 is 5.32 Å². The minimum atomic E-state index is -1.19. The van der Waals surface area contributed by atoms with Crippen LogP contribution in [0, 0.1) is 0 Å². The fourth-order valence-corrected chi connectivity index (χ4v) is 3.28. The van der Waals surface area contributed by atoms with Crippen molar-refractivity contribution in [2.45, 2.75) is 58.7 Å². The van der Waals surface area contributed by atoms with Gasteiger partial charge in [0, 0.05) is 13.8 Å². The van der Waals surface area contributed by atoms with Crippen molar-refractivity contribution in [1.29, 1.82) is 0 Å². The number of benzene rings is 2. The molecule has 1 N–H and O–H groups in total. The summed E-state index contributed by atoms with van der Waals surface area (Å²) in [5.41, 5.74) is 4.39. The summed E-state index contributed by atoms with van der Waals surface area (Å²) in [6, 6.07) is 17.4. The number of anilines is 1. The van der Waals surface area contributed by atoms with Gasteiger partial charge in [-0.25, -0.2) is 4.79 Å². The second kappa shape index (κ2) is 10.4. The molecule has 0 heterocycles.